The van der Waals surface area contributed by atoms with E-state index in [4.69, 9.17) is 4.52 Å². The third-order valence-electron chi connectivity index (χ3n) is 4.26. The van der Waals surface area contributed by atoms with Gasteiger partial charge in [-0.05, 0) is 43.2 Å². The number of hydrogen-bond donors (Lipinski definition) is 2. The van der Waals surface area contributed by atoms with Crippen molar-refractivity contribution < 1.29 is 17.7 Å². The Labute approximate surface area is 180 Å². The molecule has 3 rings (SSSR count). The monoisotopic (exact) mass is 445 g/mol. The first-order valence-electron chi connectivity index (χ1n) is 9.40. The van der Waals surface area contributed by atoms with Crippen molar-refractivity contribution in [2.45, 2.75) is 36.2 Å². The molecule has 0 aliphatic heterocycles. The molecule has 30 heavy (non-hydrogen) atoms. The number of hydrogen-bond acceptors (Lipinski definition) is 6. The Morgan fingerprint density at radius 3 is 2.43 bits per heavy atom. The maximum atomic E-state index is 12.6. The highest BCUT2D eigenvalue weighted by molar-refractivity contribution is 7.99. The number of thioether (sulfide) groups is 1. The minimum Gasteiger partial charge on any atom is -0.360 e. The number of sulfonamides is 1. The van der Waals surface area contributed by atoms with Crippen LogP contribution in [0.3, 0.4) is 0 Å². The van der Waals surface area contributed by atoms with E-state index in [1.807, 2.05) is 37.3 Å². The number of nitrogens with zero attached hydrogens (tertiary/aromatic N) is 1. The number of carbonyl (C=O) groups is 1. The molecular weight excluding hydrogens is 422 g/mol. The van der Waals surface area contributed by atoms with Gasteiger partial charge in [-0.1, -0.05) is 42.4 Å². The van der Waals surface area contributed by atoms with Crippen molar-refractivity contribution in [2.24, 2.45) is 0 Å². The van der Waals surface area contributed by atoms with Crippen molar-refractivity contribution in [1.82, 2.24) is 5.16 Å². The molecule has 1 atom stereocenters. The number of carbonyl (C=O) groups excluding carboxylic acids is 1. The van der Waals surface area contributed by atoms with Gasteiger partial charge in [-0.3, -0.25) is 9.52 Å². The van der Waals surface area contributed by atoms with Crippen LogP contribution in [0.5, 0.6) is 0 Å². The number of aryl methyl sites for hydroxylation is 1. The van der Waals surface area contributed by atoms with E-state index in [1.54, 1.807) is 30.8 Å². The summed E-state index contributed by atoms with van der Waals surface area (Å²) in [5.41, 5.74) is 1.70. The van der Waals surface area contributed by atoms with Crippen molar-refractivity contribution in [3.05, 3.63) is 72.0 Å². The molecule has 1 heterocycles. The fourth-order valence-electron chi connectivity index (χ4n) is 2.70. The molecule has 0 fully saturated rings. The van der Waals surface area contributed by atoms with E-state index < -0.39 is 10.0 Å². The van der Waals surface area contributed by atoms with Gasteiger partial charge in [0, 0.05) is 17.5 Å². The lowest BCUT2D eigenvalue weighted by Gasteiger charge is -2.15. The van der Waals surface area contributed by atoms with E-state index >= 15 is 0 Å². The Balaban J connectivity index is 1.60. The van der Waals surface area contributed by atoms with Gasteiger partial charge in [0.15, 0.2) is 5.82 Å². The normalized spacial score (nSPS) is 12.3. The van der Waals surface area contributed by atoms with Gasteiger partial charge in [-0.15, -0.1) is 11.8 Å². The van der Waals surface area contributed by atoms with Gasteiger partial charge in [0.1, 0.15) is 5.76 Å². The Morgan fingerprint density at radius 2 is 1.83 bits per heavy atom. The van der Waals surface area contributed by atoms with Crippen LogP contribution >= 0.6 is 11.8 Å². The van der Waals surface area contributed by atoms with Crippen LogP contribution in [0.25, 0.3) is 0 Å². The summed E-state index contributed by atoms with van der Waals surface area (Å²) in [5.74, 6) is 1.26. The summed E-state index contributed by atoms with van der Waals surface area (Å²) in [6.45, 7) is 3.64. The number of aromatic nitrogens is 1. The van der Waals surface area contributed by atoms with E-state index in [-0.39, 0.29) is 21.9 Å². The van der Waals surface area contributed by atoms with Crippen LogP contribution in [0.4, 0.5) is 11.5 Å². The maximum absolute atomic E-state index is 12.6. The minimum absolute atomic E-state index is 0.0617. The first-order valence-corrected chi connectivity index (χ1v) is 11.9. The summed E-state index contributed by atoms with van der Waals surface area (Å²) in [6, 6.07) is 17.5. The predicted octanol–water partition coefficient (Wildman–Crippen LogP) is 4.43. The summed E-state index contributed by atoms with van der Waals surface area (Å²) in [6.07, 6.45) is 0.691. The molecule has 1 aromatic heterocycles. The Bertz CT molecular complexity index is 1080. The topological polar surface area (TPSA) is 101 Å². The highest BCUT2D eigenvalue weighted by Crippen LogP contribution is 2.23. The number of rotatable bonds is 9. The lowest BCUT2D eigenvalue weighted by molar-refractivity contribution is -0.115. The lowest BCUT2D eigenvalue weighted by Crippen LogP contribution is -2.24. The van der Waals surface area contributed by atoms with Gasteiger partial charge in [0.25, 0.3) is 10.0 Å². The molecule has 0 spiro atoms. The van der Waals surface area contributed by atoms with Crippen LogP contribution in [0, 0.1) is 6.92 Å². The summed E-state index contributed by atoms with van der Waals surface area (Å²) >= 11 is 1.58. The third kappa shape index (κ3) is 5.87. The zero-order valence-corrected chi connectivity index (χ0v) is 18.3. The van der Waals surface area contributed by atoms with Gasteiger partial charge < -0.3 is 9.84 Å². The van der Waals surface area contributed by atoms with Gasteiger partial charge in [0.2, 0.25) is 5.91 Å². The average molecular weight is 446 g/mol. The smallest absolute Gasteiger partial charge is 0.263 e. The molecule has 0 aliphatic carbocycles. The minimum atomic E-state index is -3.79. The van der Waals surface area contributed by atoms with E-state index in [0.717, 1.165) is 11.3 Å². The van der Waals surface area contributed by atoms with Gasteiger partial charge in [-0.2, -0.15) is 0 Å². The molecule has 0 radical (unpaired) electrons. The molecule has 9 heteroatoms. The first kappa shape index (κ1) is 21.9. The molecular formula is C21H23N3O4S2. The largest absolute Gasteiger partial charge is 0.360 e. The number of nitrogens with one attached hydrogen (secondary N) is 2. The average Bonchev–Trinajstić information content (AvgIpc) is 3.13. The summed E-state index contributed by atoms with van der Waals surface area (Å²) in [5, 5.41) is 6.28. The van der Waals surface area contributed by atoms with E-state index in [1.165, 1.54) is 18.2 Å². The van der Waals surface area contributed by atoms with Crippen LogP contribution < -0.4 is 10.0 Å². The zero-order chi connectivity index (χ0) is 21.6. The van der Waals surface area contributed by atoms with E-state index in [2.05, 4.69) is 15.2 Å². The summed E-state index contributed by atoms with van der Waals surface area (Å²) < 4.78 is 32.1. The van der Waals surface area contributed by atoms with Gasteiger partial charge >= 0.3 is 0 Å². The van der Waals surface area contributed by atoms with Gasteiger partial charge in [-0.25, -0.2) is 8.42 Å². The van der Waals surface area contributed by atoms with Crippen molar-refractivity contribution in [3.63, 3.8) is 0 Å². The van der Waals surface area contributed by atoms with Crippen molar-refractivity contribution in [2.75, 3.05) is 10.0 Å². The predicted molar refractivity (Wildman–Crippen MR) is 119 cm³/mol. The molecule has 2 aromatic carbocycles. The molecule has 158 valence electrons. The molecule has 3 aromatic rings. The van der Waals surface area contributed by atoms with Crippen LogP contribution in [0.2, 0.25) is 0 Å². The third-order valence-corrected chi connectivity index (χ3v) is 7.08. The van der Waals surface area contributed by atoms with E-state index in [9.17, 15) is 13.2 Å². The molecule has 0 saturated carbocycles. The fourth-order valence-corrected chi connectivity index (χ4v) is 4.72. The Morgan fingerprint density at radius 1 is 1.13 bits per heavy atom. The Kier molecular flexibility index (Phi) is 7.17. The quantitative estimate of drug-likeness (QED) is 0.505. The molecule has 0 bridgehead atoms. The Hall–Kier alpha value is -2.78. The second-order valence-corrected chi connectivity index (χ2v) is 9.51. The van der Waals surface area contributed by atoms with E-state index in [0.29, 0.717) is 17.9 Å². The second-order valence-electron chi connectivity index (χ2n) is 6.64. The van der Waals surface area contributed by atoms with Crippen molar-refractivity contribution in [3.8, 4) is 0 Å². The highest BCUT2D eigenvalue weighted by Gasteiger charge is 2.19. The number of benzene rings is 2. The molecule has 0 saturated heterocycles. The lowest BCUT2D eigenvalue weighted by atomic mass is 10.2. The second kappa shape index (κ2) is 9.82. The first-order chi connectivity index (χ1) is 14.4. The highest BCUT2D eigenvalue weighted by atomic mass is 32.2. The zero-order valence-electron chi connectivity index (χ0n) is 16.7. The molecule has 1 amide bonds. The van der Waals surface area contributed by atoms with Crippen LogP contribution in [-0.4, -0.2) is 24.7 Å². The van der Waals surface area contributed by atoms with Crippen molar-refractivity contribution >= 4 is 39.2 Å². The summed E-state index contributed by atoms with van der Waals surface area (Å²) in [7, 11) is -3.79. The molecule has 1 unspecified atom stereocenters. The molecule has 2 N–H and O–H groups in total. The van der Waals surface area contributed by atoms with Crippen LogP contribution in [-0.2, 0) is 20.6 Å². The van der Waals surface area contributed by atoms with Gasteiger partial charge in [0.05, 0.1) is 10.1 Å². The number of anilines is 2. The fraction of sp³-hybridized carbons (Fsp3) is 0.238. The molecule has 0 aliphatic rings. The van der Waals surface area contributed by atoms with Crippen molar-refractivity contribution in [1.29, 1.82) is 0 Å². The maximum Gasteiger partial charge on any atom is 0.263 e. The van der Waals surface area contributed by atoms with Crippen LogP contribution in [0.15, 0.2) is 70.1 Å². The summed E-state index contributed by atoms with van der Waals surface area (Å²) in [4.78, 5) is 12.7. The number of amides is 1. The van der Waals surface area contributed by atoms with Crippen LogP contribution in [0.1, 0.15) is 24.7 Å². The molecule has 7 nitrogen and oxygen atoms in total. The SMILES string of the molecule is CCC(SCc1ccccc1)C(=O)Nc1ccc(S(=O)(=O)Nc2cc(C)on2)cc1. The standard InChI is InChI=1S/C21H23N3O4S2/c1-3-19(29-14-16-7-5-4-6-8-16)21(25)22-17-9-11-18(12-10-17)30(26,27)24-20-13-15(2)28-23-20/h4-13,19H,3,14H2,1-2H3,(H,22,25)(H,23,24).